The molecule has 3 nitrogen and oxygen atoms in total. The summed E-state index contributed by atoms with van der Waals surface area (Å²) in [6.07, 6.45) is 3.02. The third-order valence-corrected chi connectivity index (χ3v) is 4.36. The Morgan fingerprint density at radius 2 is 2.10 bits per heavy atom. The van der Waals surface area contributed by atoms with E-state index in [0.717, 1.165) is 38.9 Å². The van der Waals surface area contributed by atoms with Crippen LogP contribution in [0.5, 0.6) is 0 Å². The van der Waals surface area contributed by atoms with Crippen LogP contribution in [0.25, 0.3) is 0 Å². The number of hydrogen-bond acceptors (Lipinski definition) is 2. The third kappa shape index (κ3) is 3.95. The van der Waals surface area contributed by atoms with Crippen LogP contribution in [0.3, 0.4) is 0 Å². The number of piperidine rings is 1. The van der Waals surface area contributed by atoms with Crippen molar-refractivity contribution in [2.45, 2.75) is 32.2 Å². The van der Waals surface area contributed by atoms with Crippen LogP contribution in [-0.2, 0) is 0 Å². The molecule has 1 saturated heterocycles. The molecule has 5 heteroatoms. The lowest BCUT2D eigenvalue weighted by molar-refractivity contribution is 0.0638. The monoisotopic (exact) mass is 312 g/mol. The van der Waals surface area contributed by atoms with Crippen molar-refractivity contribution >= 4 is 17.5 Å². The minimum Gasteiger partial charge on any atom is -0.339 e. The van der Waals surface area contributed by atoms with E-state index in [1.807, 2.05) is 0 Å². The van der Waals surface area contributed by atoms with Crippen LogP contribution >= 0.6 is 11.6 Å². The van der Waals surface area contributed by atoms with Crippen molar-refractivity contribution in [2.24, 2.45) is 0 Å². The topological polar surface area (TPSA) is 23.6 Å². The Morgan fingerprint density at radius 1 is 1.43 bits per heavy atom. The molecule has 21 heavy (non-hydrogen) atoms. The van der Waals surface area contributed by atoms with Crippen LogP contribution in [0.2, 0.25) is 5.02 Å². The zero-order valence-electron chi connectivity index (χ0n) is 12.6. The van der Waals surface area contributed by atoms with E-state index in [9.17, 15) is 9.18 Å². The number of halogens is 2. The summed E-state index contributed by atoms with van der Waals surface area (Å²) in [7, 11) is 1.75. The Labute approximate surface area is 130 Å². The van der Waals surface area contributed by atoms with E-state index in [2.05, 4.69) is 11.8 Å². The number of carbonyl (C=O) groups excluding carboxylic acids is 1. The molecule has 0 unspecified atom stereocenters. The van der Waals surface area contributed by atoms with E-state index in [1.54, 1.807) is 11.9 Å². The molecule has 116 valence electrons. The highest BCUT2D eigenvalue weighted by atomic mass is 35.5. The molecule has 1 amide bonds. The quantitative estimate of drug-likeness (QED) is 0.850. The van der Waals surface area contributed by atoms with E-state index in [-0.39, 0.29) is 17.5 Å². The van der Waals surface area contributed by atoms with Gasteiger partial charge in [-0.15, -0.1) is 0 Å². The number of benzene rings is 1. The Morgan fingerprint density at radius 3 is 2.71 bits per heavy atom. The summed E-state index contributed by atoms with van der Waals surface area (Å²) in [6.45, 7) is 5.26. The van der Waals surface area contributed by atoms with Crippen LogP contribution in [0, 0.1) is 5.82 Å². The molecular weight excluding hydrogens is 291 g/mol. The molecule has 0 aliphatic carbocycles. The number of amides is 1. The fourth-order valence-corrected chi connectivity index (χ4v) is 3.04. The second-order valence-corrected chi connectivity index (χ2v) is 6.05. The molecule has 0 aromatic heterocycles. The summed E-state index contributed by atoms with van der Waals surface area (Å²) in [5.74, 6) is -0.802. The van der Waals surface area contributed by atoms with E-state index in [0.29, 0.717) is 5.02 Å². The Bertz CT molecular complexity index is 501. The fourth-order valence-electron chi connectivity index (χ4n) is 2.86. The van der Waals surface area contributed by atoms with Gasteiger partial charge < -0.3 is 9.80 Å². The lowest BCUT2D eigenvalue weighted by Gasteiger charge is -2.36. The first-order valence-corrected chi connectivity index (χ1v) is 7.85. The standard InChI is InChI=1S/C16H22ClFN2O/c1-3-8-20-9-6-13(7-10-20)19(2)16(21)14-11-12(17)4-5-15(14)18/h4-5,11,13H,3,6-10H2,1-2H3. The first-order chi connectivity index (χ1) is 10.0. The summed E-state index contributed by atoms with van der Waals surface area (Å²) >= 11 is 5.86. The molecule has 2 rings (SSSR count). The van der Waals surface area contributed by atoms with Crippen molar-refractivity contribution in [3.8, 4) is 0 Å². The van der Waals surface area contributed by atoms with E-state index < -0.39 is 5.82 Å². The van der Waals surface area contributed by atoms with Gasteiger partial charge in [-0.2, -0.15) is 0 Å². The number of carbonyl (C=O) groups is 1. The first-order valence-electron chi connectivity index (χ1n) is 7.47. The average Bonchev–Trinajstić information content (AvgIpc) is 2.49. The molecule has 0 saturated carbocycles. The highest BCUT2D eigenvalue weighted by Crippen LogP contribution is 2.21. The predicted octanol–water partition coefficient (Wildman–Crippen LogP) is 3.43. The normalized spacial score (nSPS) is 17.0. The molecule has 0 atom stereocenters. The SMILES string of the molecule is CCCN1CCC(N(C)C(=O)c2cc(Cl)ccc2F)CC1. The van der Waals surface area contributed by atoms with Gasteiger partial charge in [-0.3, -0.25) is 4.79 Å². The lowest BCUT2D eigenvalue weighted by Crippen LogP contribution is -2.45. The van der Waals surface area contributed by atoms with Crippen LogP contribution < -0.4 is 0 Å². The molecule has 1 aliphatic heterocycles. The Balaban J connectivity index is 2.01. The summed E-state index contributed by atoms with van der Waals surface area (Å²) < 4.78 is 13.8. The van der Waals surface area contributed by atoms with E-state index >= 15 is 0 Å². The molecular formula is C16H22ClFN2O. The fraction of sp³-hybridized carbons (Fsp3) is 0.562. The van der Waals surface area contributed by atoms with Gasteiger partial charge in [-0.25, -0.2) is 4.39 Å². The minimum atomic E-state index is -0.514. The average molecular weight is 313 g/mol. The molecule has 0 spiro atoms. The molecule has 1 fully saturated rings. The summed E-state index contributed by atoms with van der Waals surface area (Å²) in [4.78, 5) is 16.5. The van der Waals surface area contributed by atoms with Crippen LogP contribution in [0.15, 0.2) is 18.2 Å². The molecule has 1 aromatic rings. The number of rotatable bonds is 4. The largest absolute Gasteiger partial charge is 0.339 e. The van der Waals surface area contributed by atoms with Gasteiger partial charge in [0.25, 0.3) is 5.91 Å². The maximum Gasteiger partial charge on any atom is 0.256 e. The van der Waals surface area contributed by atoms with Gasteiger partial charge in [0.1, 0.15) is 5.82 Å². The van der Waals surface area contributed by atoms with Gasteiger partial charge >= 0.3 is 0 Å². The lowest BCUT2D eigenvalue weighted by atomic mass is 10.0. The highest BCUT2D eigenvalue weighted by Gasteiger charge is 2.27. The smallest absolute Gasteiger partial charge is 0.256 e. The second-order valence-electron chi connectivity index (χ2n) is 5.61. The van der Waals surface area contributed by atoms with Crippen LogP contribution in [0.4, 0.5) is 4.39 Å². The van der Waals surface area contributed by atoms with Gasteiger partial charge in [-0.1, -0.05) is 18.5 Å². The number of nitrogens with zero attached hydrogens (tertiary/aromatic N) is 2. The van der Waals surface area contributed by atoms with Gasteiger partial charge in [-0.05, 0) is 44.0 Å². The van der Waals surface area contributed by atoms with E-state index in [1.165, 1.54) is 18.2 Å². The summed E-state index contributed by atoms with van der Waals surface area (Å²) in [6, 6.07) is 4.27. The predicted molar refractivity (Wildman–Crippen MR) is 83.3 cm³/mol. The molecule has 1 aliphatic rings. The summed E-state index contributed by atoms with van der Waals surface area (Å²) in [5.41, 5.74) is 0.0565. The Kier molecular flexibility index (Phi) is 5.59. The maximum atomic E-state index is 13.8. The van der Waals surface area contributed by atoms with E-state index in [4.69, 9.17) is 11.6 Å². The Hall–Kier alpha value is -1.13. The minimum absolute atomic E-state index is 0.0565. The van der Waals surface area contributed by atoms with Crippen molar-refractivity contribution in [3.63, 3.8) is 0 Å². The number of hydrogen-bond donors (Lipinski definition) is 0. The van der Waals surface area contributed by atoms with Gasteiger partial charge in [0.05, 0.1) is 5.56 Å². The van der Waals surface area contributed by atoms with Crippen LogP contribution in [-0.4, -0.2) is 48.4 Å². The zero-order valence-corrected chi connectivity index (χ0v) is 13.4. The van der Waals surface area contributed by atoms with Gasteiger partial charge in [0.2, 0.25) is 0 Å². The zero-order chi connectivity index (χ0) is 15.4. The van der Waals surface area contributed by atoms with Crippen molar-refractivity contribution < 1.29 is 9.18 Å². The second kappa shape index (κ2) is 7.23. The van der Waals surface area contributed by atoms with Crippen molar-refractivity contribution in [3.05, 3.63) is 34.6 Å². The first kappa shape index (κ1) is 16.2. The summed E-state index contributed by atoms with van der Waals surface area (Å²) in [5, 5.41) is 0.380. The maximum absolute atomic E-state index is 13.8. The number of likely N-dealkylation sites (tertiary alicyclic amines) is 1. The highest BCUT2D eigenvalue weighted by molar-refractivity contribution is 6.31. The van der Waals surface area contributed by atoms with Gasteiger partial charge in [0, 0.05) is 31.2 Å². The molecule has 0 bridgehead atoms. The van der Waals surface area contributed by atoms with Crippen molar-refractivity contribution in [1.29, 1.82) is 0 Å². The molecule has 1 aromatic carbocycles. The van der Waals surface area contributed by atoms with Crippen molar-refractivity contribution in [2.75, 3.05) is 26.7 Å². The van der Waals surface area contributed by atoms with Crippen LogP contribution in [0.1, 0.15) is 36.5 Å². The molecule has 0 N–H and O–H groups in total. The van der Waals surface area contributed by atoms with Gasteiger partial charge in [0.15, 0.2) is 0 Å². The molecule has 0 radical (unpaired) electrons. The van der Waals surface area contributed by atoms with Crippen molar-refractivity contribution in [1.82, 2.24) is 9.80 Å². The third-order valence-electron chi connectivity index (χ3n) is 4.12. The molecule has 1 heterocycles.